The van der Waals surface area contributed by atoms with Gasteiger partial charge in [-0.3, -0.25) is 9.89 Å². The molecule has 0 aromatic heterocycles. The van der Waals surface area contributed by atoms with E-state index in [0.29, 0.717) is 5.41 Å². The minimum atomic E-state index is 0.366. The van der Waals surface area contributed by atoms with Gasteiger partial charge in [0.15, 0.2) is 5.96 Å². The lowest BCUT2D eigenvalue weighted by Gasteiger charge is -2.41. The number of piperidine rings is 1. The summed E-state index contributed by atoms with van der Waals surface area (Å²) < 4.78 is 0. The molecule has 0 N–H and O–H groups in total. The molecule has 1 aromatic rings. The molecule has 1 saturated heterocycles. The van der Waals surface area contributed by atoms with Crippen molar-refractivity contribution in [3.05, 3.63) is 35.9 Å². The van der Waals surface area contributed by atoms with E-state index in [1.165, 1.54) is 37.9 Å². The van der Waals surface area contributed by atoms with Gasteiger partial charge in [0.2, 0.25) is 0 Å². The predicted octanol–water partition coefficient (Wildman–Crippen LogP) is 3.16. The lowest BCUT2D eigenvalue weighted by atomic mass is 9.76. The average molecular weight is 331 g/mol. The minimum absolute atomic E-state index is 0.366. The SMILES string of the molecule is CCC1(CN=C(N(C)C)N(C)C)CCN(Cc2ccccc2)CC1. The number of nitrogens with zero attached hydrogens (tertiary/aromatic N) is 4. The third-order valence-corrected chi connectivity index (χ3v) is 5.27. The standard InChI is InChI=1S/C20H34N4/c1-6-20(17-21-19(22(2)3)23(4)5)12-14-24(15-13-20)16-18-10-8-7-9-11-18/h7-11H,6,12-17H2,1-5H3. The van der Waals surface area contributed by atoms with Crippen LogP contribution in [0.2, 0.25) is 0 Å². The highest BCUT2D eigenvalue weighted by Crippen LogP contribution is 2.35. The smallest absolute Gasteiger partial charge is 0.195 e. The predicted molar refractivity (Wildman–Crippen MR) is 103 cm³/mol. The van der Waals surface area contributed by atoms with E-state index in [4.69, 9.17) is 4.99 Å². The second kappa shape index (κ2) is 8.52. The molecule has 0 atom stereocenters. The summed E-state index contributed by atoms with van der Waals surface area (Å²) in [6.45, 7) is 6.70. The molecule has 4 nitrogen and oxygen atoms in total. The molecule has 0 saturated carbocycles. The maximum Gasteiger partial charge on any atom is 0.195 e. The highest BCUT2D eigenvalue weighted by atomic mass is 15.3. The normalized spacial score (nSPS) is 17.4. The van der Waals surface area contributed by atoms with Crippen molar-refractivity contribution >= 4 is 5.96 Å². The third-order valence-electron chi connectivity index (χ3n) is 5.27. The summed E-state index contributed by atoms with van der Waals surface area (Å²) in [7, 11) is 8.28. The summed E-state index contributed by atoms with van der Waals surface area (Å²) in [4.78, 5) is 11.7. The van der Waals surface area contributed by atoms with Crippen molar-refractivity contribution in [2.75, 3.05) is 47.8 Å². The van der Waals surface area contributed by atoms with Crippen molar-refractivity contribution in [3.8, 4) is 0 Å². The molecule has 0 amide bonds. The van der Waals surface area contributed by atoms with E-state index in [-0.39, 0.29) is 0 Å². The van der Waals surface area contributed by atoms with Crippen molar-refractivity contribution in [2.45, 2.75) is 32.7 Å². The van der Waals surface area contributed by atoms with E-state index in [9.17, 15) is 0 Å². The van der Waals surface area contributed by atoms with Crippen LogP contribution in [0.25, 0.3) is 0 Å². The van der Waals surface area contributed by atoms with Gasteiger partial charge in [-0.15, -0.1) is 0 Å². The fraction of sp³-hybridized carbons (Fsp3) is 0.650. The van der Waals surface area contributed by atoms with Gasteiger partial charge in [-0.1, -0.05) is 37.3 Å². The van der Waals surface area contributed by atoms with E-state index < -0.39 is 0 Å². The number of aliphatic imine (C=N–C) groups is 1. The summed E-state index contributed by atoms with van der Waals surface area (Å²) in [6.07, 6.45) is 3.70. The lowest BCUT2D eigenvalue weighted by molar-refractivity contribution is 0.101. The molecule has 1 heterocycles. The van der Waals surface area contributed by atoms with Gasteiger partial charge < -0.3 is 9.80 Å². The van der Waals surface area contributed by atoms with Crippen molar-refractivity contribution in [2.24, 2.45) is 10.4 Å². The van der Waals surface area contributed by atoms with E-state index in [0.717, 1.165) is 19.0 Å². The lowest BCUT2D eigenvalue weighted by Crippen LogP contribution is -2.42. The molecule has 1 aliphatic heterocycles. The molecule has 1 fully saturated rings. The minimum Gasteiger partial charge on any atom is -0.349 e. The van der Waals surface area contributed by atoms with E-state index in [1.54, 1.807) is 0 Å². The molecule has 0 aliphatic carbocycles. The molecule has 4 heteroatoms. The van der Waals surface area contributed by atoms with Crippen molar-refractivity contribution in [1.29, 1.82) is 0 Å². The van der Waals surface area contributed by atoms with E-state index >= 15 is 0 Å². The molecule has 0 unspecified atom stereocenters. The number of benzene rings is 1. The summed E-state index contributed by atoms with van der Waals surface area (Å²) >= 11 is 0. The zero-order valence-electron chi connectivity index (χ0n) is 16.1. The topological polar surface area (TPSA) is 22.1 Å². The van der Waals surface area contributed by atoms with Crippen LogP contribution in [0.5, 0.6) is 0 Å². The Morgan fingerprint density at radius 1 is 1.04 bits per heavy atom. The van der Waals surface area contributed by atoms with Gasteiger partial charge in [-0.2, -0.15) is 0 Å². The monoisotopic (exact) mass is 330 g/mol. The number of likely N-dealkylation sites (tertiary alicyclic amines) is 1. The van der Waals surface area contributed by atoms with Crippen LogP contribution in [-0.2, 0) is 6.54 Å². The summed E-state index contributed by atoms with van der Waals surface area (Å²) in [5.41, 5.74) is 1.78. The molecule has 1 aromatic carbocycles. The Hall–Kier alpha value is -1.55. The van der Waals surface area contributed by atoms with Crippen LogP contribution >= 0.6 is 0 Å². The van der Waals surface area contributed by atoms with Crippen LogP contribution in [0, 0.1) is 5.41 Å². The molecule has 24 heavy (non-hydrogen) atoms. The molecule has 2 rings (SSSR count). The summed E-state index contributed by atoms with van der Waals surface area (Å²) in [6, 6.07) is 10.8. The van der Waals surface area contributed by atoms with Crippen molar-refractivity contribution in [1.82, 2.24) is 14.7 Å². The van der Waals surface area contributed by atoms with Gasteiger partial charge >= 0.3 is 0 Å². The first-order valence-corrected chi connectivity index (χ1v) is 9.11. The Kier molecular flexibility index (Phi) is 6.67. The quantitative estimate of drug-likeness (QED) is 0.611. The largest absolute Gasteiger partial charge is 0.349 e. The Morgan fingerprint density at radius 3 is 2.12 bits per heavy atom. The number of rotatable bonds is 5. The summed E-state index contributed by atoms with van der Waals surface area (Å²) in [5, 5.41) is 0. The van der Waals surface area contributed by atoms with Crippen LogP contribution in [0.15, 0.2) is 35.3 Å². The number of guanidine groups is 1. The molecular formula is C20H34N4. The van der Waals surface area contributed by atoms with Crippen LogP contribution < -0.4 is 0 Å². The van der Waals surface area contributed by atoms with Gasteiger partial charge in [-0.05, 0) is 43.3 Å². The first-order chi connectivity index (χ1) is 11.5. The fourth-order valence-electron chi connectivity index (χ4n) is 3.57. The Balaban J connectivity index is 1.94. The highest BCUT2D eigenvalue weighted by Gasteiger charge is 2.33. The van der Waals surface area contributed by atoms with Crippen molar-refractivity contribution < 1.29 is 0 Å². The van der Waals surface area contributed by atoms with Crippen LogP contribution in [-0.4, -0.2) is 68.5 Å². The van der Waals surface area contributed by atoms with Crippen LogP contribution in [0.4, 0.5) is 0 Å². The van der Waals surface area contributed by atoms with Gasteiger partial charge in [0.1, 0.15) is 0 Å². The Bertz CT molecular complexity index is 504. The molecule has 1 aliphatic rings. The maximum absolute atomic E-state index is 4.95. The van der Waals surface area contributed by atoms with Gasteiger partial charge in [-0.25, -0.2) is 0 Å². The maximum atomic E-state index is 4.95. The highest BCUT2D eigenvalue weighted by molar-refractivity contribution is 5.79. The van der Waals surface area contributed by atoms with Crippen molar-refractivity contribution in [3.63, 3.8) is 0 Å². The second-order valence-electron chi connectivity index (χ2n) is 7.52. The fourth-order valence-corrected chi connectivity index (χ4v) is 3.57. The zero-order valence-corrected chi connectivity index (χ0v) is 16.1. The van der Waals surface area contributed by atoms with Crippen LogP contribution in [0.3, 0.4) is 0 Å². The molecule has 134 valence electrons. The Morgan fingerprint density at radius 2 is 1.62 bits per heavy atom. The average Bonchev–Trinajstić information content (AvgIpc) is 2.57. The third kappa shape index (κ3) is 4.97. The van der Waals surface area contributed by atoms with E-state index in [2.05, 4.69) is 80.1 Å². The van der Waals surface area contributed by atoms with Gasteiger partial charge in [0.05, 0.1) is 0 Å². The molecular weight excluding hydrogens is 296 g/mol. The molecule has 0 bridgehead atoms. The number of hydrogen-bond acceptors (Lipinski definition) is 2. The first kappa shape index (κ1) is 18.8. The van der Waals surface area contributed by atoms with Gasteiger partial charge in [0.25, 0.3) is 0 Å². The summed E-state index contributed by atoms with van der Waals surface area (Å²) in [5.74, 6) is 1.06. The van der Waals surface area contributed by atoms with Crippen LogP contribution in [0.1, 0.15) is 31.7 Å². The van der Waals surface area contributed by atoms with E-state index in [1.807, 2.05) is 0 Å². The zero-order chi connectivity index (χ0) is 17.6. The Labute approximate surface area is 148 Å². The second-order valence-corrected chi connectivity index (χ2v) is 7.52. The molecule has 0 radical (unpaired) electrons. The first-order valence-electron chi connectivity index (χ1n) is 9.11. The number of hydrogen-bond donors (Lipinski definition) is 0. The molecule has 0 spiro atoms. The van der Waals surface area contributed by atoms with Gasteiger partial charge in [0, 0.05) is 41.3 Å².